The highest BCUT2D eigenvalue weighted by Gasteiger charge is 2.18. The van der Waals surface area contributed by atoms with Gasteiger partial charge in [-0.05, 0) is 12.6 Å². The van der Waals surface area contributed by atoms with E-state index in [2.05, 4.69) is 5.32 Å². The molecule has 0 bridgehead atoms. The molecule has 3 heteroatoms. The maximum Gasteiger partial charge on any atom is 0.0965 e. The molecule has 92 valence electrons. The maximum absolute atomic E-state index is 9.97. The lowest BCUT2D eigenvalue weighted by Crippen LogP contribution is -2.36. The molecular formula is C13H23NO2. The van der Waals surface area contributed by atoms with Crippen molar-refractivity contribution in [2.45, 2.75) is 26.0 Å². The molecule has 0 aliphatic heterocycles. The Bertz CT molecular complexity index is 251. The van der Waals surface area contributed by atoms with Crippen molar-refractivity contribution >= 4 is 0 Å². The number of hydrogen-bond acceptors (Lipinski definition) is 3. The monoisotopic (exact) mass is 225 g/mol. The van der Waals surface area contributed by atoms with Crippen LogP contribution >= 0.6 is 0 Å². The van der Waals surface area contributed by atoms with Crippen LogP contribution in [-0.4, -0.2) is 31.9 Å². The number of benzene rings is 1. The Morgan fingerprint density at radius 3 is 2.25 bits per heavy atom. The fraction of sp³-hybridized carbons (Fsp3) is 0.538. The van der Waals surface area contributed by atoms with E-state index < -0.39 is 6.10 Å². The highest BCUT2D eigenvalue weighted by atomic mass is 16.5. The molecule has 3 nitrogen and oxygen atoms in total. The Hall–Kier alpha value is -0.900. The molecule has 0 fully saturated rings. The minimum Gasteiger partial charge on any atom is -0.387 e. The highest BCUT2D eigenvalue weighted by molar-refractivity contribution is 5.18. The quantitative estimate of drug-likeness (QED) is 0.805. The van der Waals surface area contributed by atoms with Crippen molar-refractivity contribution in [1.82, 2.24) is 5.32 Å². The number of rotatable bonds is 5. The van der Waals surface area contributed by atoms with Gasteiger partial charge in [-0.3, -0.25) is 0 Å². The summed E-state index contributed by atoms with van der Waals surface area (Å²) < 4.78 is 5.01. The van der Waals surface area contributed by atoms with Gasteiger partial charge in [0.2, 0.25) is 0 Å². The summed E-state index contributed by atoms with van der Waals surface area (Å²) >= 11 is 0. The van der Waals surface area contributed by atoms with Crippen LogP contribution in [0.1, 0.15) is 25.5 Å². The van der Waals surface area contributed by atoms with Crippen LogP contribution in [0, 0.1) is 0 Å². The SMILES string of the molecule is CC.CN[C@@H](COC)[C@H](O)c1ccccc1. The van der Waals surface area contributed by atoms with Crippen molar-refractivity contribution in [3.8, 4) is 0 Å². The number of aliphatic hydroxyl groups is 1. The molecule has 0 aliphatic carbocycles. The van der Waals surface area contributed by atoms with Gasteiger partial charge in [-0.25, -0.2) is 0 Å². The normalized spacial score (nSPS) is 13.6. The molecule has 2 N–H and O–H groups in total. The standard InChI is InChI=1S/C11H17NO2.C2H6/c1-12-10(8-14-2)11(13)9-6-4-3-5-7-9;1-2/h3-7,10-13H,8H2,1-2H3;1-2H3/t10-,11+;/m0./s1. The number of likely N-dealkylation sites (N-methyl/N-ethyl adjacent to an activating group) is 1. The fourth-order valence-corrected chi connectivity index (χ4v) is 1.39. The first-order chi connectivity index (χ1) is 7.79. The van der Waals surface area contributed by atoms with Crippen molar-refractivity contribution in [3.05, 3.63) is 35.9 Å². The van der Waals surface area contributed by atoms with Gasteiger partial charge in [-0.1, -0.05) is 44.2 Å². The smallest absolute Gasteiger partial charge is 0.0965 e. The predicted molar refractivity (Wildman–Crippen MR) is 67.5 cm³/mol. The number of aliphatic hydroxyl groups excluding tert-OH is 1. The Balaban J connectivity index is 0.00000106. The third-order valence-electron chi connectivity index (χ3n) is 2.24. The fourth-order valence-electron chi connectivity index (χ4n) is 1.39. The molecule has 0 radical (unpaired) electrons. The lowest BCUT2D eigenvalue weighted by molar-refractivity contribution is 0.0734. The molecular weight excluding hydrogens is 202 g/mol. The molecule has 16 heavy (non-hydrogen) atoms. The molecule has 0 aliphatic rings. The van der Waals surface area contributed by atoms with Crippen LogP contribution in [0.2, 0.25) is 0 Å². The van der Waals surface area contributed by atoms with E-state index in [0.717, 1.165) is 5.56 Å². The molecule has 0 amide bonds. The molecule has 0 unspecified atom stereocenters. The molecule has 0 saturated heterocycles. The third kappa shape index (κ3) is 4.75. The second-order valence-electron chi connectivity index (χ2n) is 3.21. The Labute approximate surface area is 98.4 Å². The number of methoxy groups -OCH3 is 1. The van der Waals surface area contributed by atoms with Gasteiger partial charge < -0.3 is 15.2 Å². The van der Waals surface area contributed by atoms with E-state index in [4.69, 9.17) is 4.74 Å². The van der Waals surface area contributed by atoms with Gasteiger partial charge in [0.25, 0.3) is 0 Å². The van der Waals surface area contributed by atoms with E-state index in [9.17, 15) is 5.11 Å². The maximum atomic E-state index is 9.97. The molecule has 1 aromatic rings. The third-order valence-corrected chi connectivity index (χ3v) is 2.24. The molecule has 1 rings (SSSR count). The minimum absolute atomic E-state index is 0.0672. The summed E-state index contributed by atoms with van der Waals surface area (Å²) in [4.78, 5) is 0. The van der Waals surface area contributed by atoms with Gasteiger partial charge in [0.05, 0.1) is 18.8 Å². The zero-order valence-electron chi connectivity index (χ0n) is 10.6. The van der Waals surface area contributed by atoms with Crippen LogP contribution in [-0.2, 0) is 4.74 Å². The van der Waals surface area contributed by atoms with E-state index in [1.54, 1.807) is 7.11 Å². The van der Waals surface area contributed by atoms with Crippen LogP contribution in [0.4, 0.5) is 0 Å². The first kappa shape index (κ1) is 15.1. The molecule has 0 saturated carbocycles. The van der Waals surface area contributed by atoms with Crippen LogP contribution in [0.15, 0.2) is 30.3 Å². The molecule has 2 atom stereocenters. The van der Waals surface area contributed by atoms with E-state index >= 15 is 0 Å². The van der Waals surface area contributed by atoms with Gasteiger partial charge in [0.15, 0.2) is 0 Å². The predicted octanol–water partition coefficient (Wildman–Crippen LogP) is 1.98. The van der Waals surface area contributed by atoms with Crippen molar-refractivity contribution in [2.24, 2.45) is 0 Å². The van der Waals surface area contributed by atoms with Gasteiger partial charge >= 0.3 is 0 Å². The number of hydrogen-bond donors (Lipinski definition) is 2. The van der Waals surface area contributed by atoms with E-state index in [1.807, 2.05) is 51.2 Å². The second kappa shape index (κ2) is 9.33. The average Bonchev–Trinajstić information content (AvgIpc) is 2.38. The van der Waals surface area contributed by atoms with Crippen molar-refractivity contribution in [3.63, 3.8) is 0 Å². The first-order valence-corrected chi connectivity index (χ1v) is 5.68. The molecule has 0 aromatic heterocycles. The molecule has 0 spiro atoms. The van der Waals surface area contributed by atoms with Crippen LogP contribution in [0.5, 0.6) is 0 Å². The zero-order valence-corrected chi connectivity index (χ0v) is 10.6. The highest BCUT2D eigenvalue weighted by Crippen LogP contribution is 2.16. The second-order valence-corrected chi connectivity index (χ2v) is 3.21. The topological polar surface area (TPSA) is 41.5 Å². The molecule has 0 heterocycles. The Morgan fingerprint density at radius 2 is 1.81 bits per heavy atom. The van der Waals surface area contributed by atoms with Crippen molar-refractivity contribution in [2.75, 3.05) is 20.8 Å². The zero-order chi connectivity index (χ0) is 12.4. The van der Waals surface area contributed by atoms with Crippen molar-refractivity contribution < 1.29 is 9.84 Å². The van der Waals surface area contributed by atoms with Gasteiger partial charge in [-0.15, -0.1) is 0 Å². The lowest BCUT2D eigenvalue weighted by Gasteiger charge is -2.21. The summed E-state index contributed by atoms with van der Waals surface area (Å²) in [5.74, 6) is 0. The summed E-state index contributed by atoms with van der Waals surface area (Å²) in [5, 5.41) is 13.0. The van der Waals surface area contributed by atoms with Gasteiger partial charge in [0.1, 0.15) is 0 Å². The lowest BCUT2D eigenvalue weighted by atomic mass is 10.0. The summed E-state index contributed by atoms with van der Waals surface area (Å²) in [6, 6.07) is 9.51. The van der Waals surface area contributed by atoms with E-state index in [0.29, 0.717) is 6.61 Å². The summed E-state index contributed by atoms with van der Waals surface area (Å²) in [5.41, 5.74) is 0.906. The van der Waals surface area contributed by atoms with Crippen LogP contribution in [0.3, 0.4) is 0 Å². The van der Waals surface area contributed by atoms with E-state index in [1.165, 1.54) is 0 Å². The summed E-state index contributed by atoms with van der Waals surface area (Å²) in [6.07, 6.45) is -0.527. The summed E-state index contributed by atoms with van der Waals surface area (Å²) in [6.45, 7) is 4.49. The van der Waals surface area contributed by atoms with Crippen molar-refractivity contribution in [1.29, 1.82) is 0 Å². The van der Waals surface area contributed by atoms with Crippen LogP contribution in [0.25, 0.3) is 0 Å². The van der Waals surface area contributed by atoms with Gasteiger partial charge in [0, 0.05) is 7.11 Å². The Kier molecular flexibility index (Phi) is 8.81. The minimum atomic E-state index is -0.527. The Morgan fingerprint density at radius 1 is 1.25 bits per heavy atom. The van der Waals surface area contributed by atoms with E-state index in [-0.39, 0.29) is 6.04 Å². The largest absolute Gasteiger partial charge is 0.387 e. The molecule has 1 aromatic carbocycles. The van der Waals surface area contributed by atoms with Gasteiger partial charge in [-0.2, -0.15) is 0 Å². The number of nitrogens with one attached hydrogen (secondary N) is 1. The number of ether oxygens (including phenoxy) is 1. The van der Waals surface area contributed by atoms with Crippen LogP contribution < -0.4 is 5.32 Å². The first-order valence-electron chi connectivity index (χ1n) is 5.68. The average molecular weight is 225 g/mol. The summed E-state index contributed by atoms with van der Waals surface area (Å²) in [7, 11) is 3.44.